The number of nitrogens with one attached hydrogen (secondary N) is 1. The van der Waals surface area contributed by atoms with Gasteiger partial charge in [0.2, 0.25) is 5.91 Å². The molecule has 0 saturated heterocycles. The molecule has 1 aliphatic heterocycles. The Morgan fingerprint density at radius 2 is 1.89 bits per heavy atom. The van der Waals surface area contributed by atoms with E-state index in [1.165, 1.54) is 0 Å². The van der Waals surface area contributed by atoms with Gasteiger partial charge in [-0.05, 0) is 79.2 Å². The van der Waals surface area contributed by atoms with Crippen LogP contribution in [0.4, 0.5) is 5.69 Å². The fourth-order valence-electron chi connectivity index (χ4n) is 4.37. The first kappa shape index (κ1) is 23.3. The fraction of sp³-hybridized carbons (Fsp3) is 0.222. The first-order chi connectivity index (χ1) is 16.8. The van der Waals surface area contributed by atoms with Crippen molar-refractivity contribution < 1.29 is 9.59 Å². The number of hydrogen-bond acceptors (Lipinski definition) is 4. The Bertz CT molecular complexity index is 1410. The van der Waals surface area contributed by atoms with E-state index in [-0.39, 0.29) is 18.4 Å². The number of carbonyl (C=O) groups excluding carboxylic acids is 2. The third-order valence-corrected chi connectivity index (χ3v) is 7.68. The normalized spacial score (nSPS) is 17.4. The molecule has 8 heteroatoms. The average molecular weight is 505 g/mol. The van der Waals surface area contributed by atoms with Crippen molar-refractivity contribution in [3.05, 3.63) is 93.5 Å². The number of carbonyl (C=O) groups is 2. The summed E-state index contributed by atoms with van der Waals surface area (Å²) in [7, 11) is 0. The summed E-state index contributed by atoms with van der Waals surface area (Å²) >= 11 is 7.56. The summed E-state index contributed by atoms with van der Waals surface area (Å²) in [6, 6.07) is 18.9. The number of anilines is 1. The lowest BCUT2D eigenvalue weighted by Gasteiger charge is -2.43. The molecule has 2 aromatic carbocycles. The van der Waals surface area contributed by atoms with Gasteiger partial charge in [0.15, 0.2) is 0 Å². The summed E-state index contributed by atoms with van der Waals surface area (Å²) < 4.78 is 1.66. The minimum Gasteiger partial charge on any atom is -0.350 e. The number of halogens is 1. The van der Waals surface area contributed by atoms with Crippen LogP contribution in [-0.2, 0) is 17.9 Å². The highest BCUT2D eigenvalue weighted by atomic mass is 35.5. The second-order valence-corrected chi connectivity index (χ2v) is 10.4. The maximum absolute atomic E-state index is 13.9. The van der Waals surface area contributed by atoms with Gasteiger partial charge in [-0.3, -0.25) is 19.2 Å². The van der Waals surface area contributed by atoms with E-state index in [0.29, 0.717) is 22.9 Å². The summed E-state index contributed by atoms with van der Waals surface area (Å²) in [5, 5.41) is 10.3. The molecule has 0 bridgehead atoms. The number of aromatic nitrogens is 2. The van der Waals surface area contributed by atoms with Gasteiger partial charge < -0.3 is 5.32 Å². The van der Waals surface area contributed by atoms with Crippen molar-refractivity contribution in [3.8, 4) is 10.6 Å². The van der Waals surface area contributed by atoms with Crippen LogP contribution in [-0.4, -0.2) is 27.1 Å². The molecule has 1 aliphatic rings. The molecule has 0 fully saturated rings. The summed E-state index contributed by atoms with van der Waals surface area (Å²) in [6.07, 6.45) is 0. The zero-order valence-corrected chi connectivity index (χ0v) is 21.3. The number of rotatable bonds is 5. The van der Waals surface area contributed by atoms with Gasteiger partial charge in [0.05, 0.1) is 11.4 Å². The van der Waals surface area contributed by atoms with Crippen LogP contribution in [0.15, 0.2) is 66.0 Å². The molecular formula is C27H25ClN4O2S. The number of fused-ring (bicyclic) bond motifs is 1. The van der Waals surface area contributed by atoms with E-state index in [0.717, 1.165) is 27.3 Å². The molecule has 1 N–H and O–H groups in total. The summed E-state index contributed by atoms with van der Waals surface area (Å²) in [5.74, 6) is -0.503. The smallest absolute Gasteiger partial charge is 0.277 e. The van der Waals surface area contributed by atoms with Gasteiger partial charge in [-0.15, -0.1) is 11.3 Å². The van der Waals surface area contributed by atoms with Gasteiger partial charge in [0, 0.05) is 17.3 Å². The van der Waals surface area contributed by atoms with Crippen LogP contribution in [0.1, 0.15) is 34.1 Å². The molecular weight excluding hydrogens is 480 g/mol. The number of benzene rings is 2. The van der Waals surface area contributed by atoms with E-state index in [1.807, 2.05) is 67.8 Å². The standard InChI is InChI=1S/C27H25ClN4O2S/c1-17-6-11-21(13-18(17)2)32-25(33)23-14-22(24-5-4-12-35-24)30-31(23)16-27(32,3)26(34)29-15-19-7-9-20(28)10-8-19/h4-14H,15-16H2,1-3H3,(H,29,34). The predicted molar refractivity (Wildman–Crippen MR) is 140 cm³/mol. The van der Waals surface area contributed by atoms with Crippen molar-refractivity contribution in [1.82, 2.24) is 15.1 Å². The van der Waals surface area contributed by atoms with Crippen molar-refractivity contribution in [2.75, 3.05) is 4.90 Å². The van der Waals surface area contributed by atoms with Crippen molar-refractivity contribution in [1.29, 1.82) is 0 Å². The summed E-state index contributed by atoms with van der Waals surface area (Å²) in [5.41, 5.74) is 3.80. The van der Waals surface area contributed by atoms with Gasteiger partial charge in [-0.1, -0.05) is 35.9 Å². The Morgan fingerprint density at radius 1 is 1.11 bits per heavy atom. The zero-order valence-electron chi connectivity index (χ0n) is 19.7. The second kappa shape index (κ2) is 8.98. The predicted octanol–water partition coefficient (Wildman–Crippen LogP) is 5.62. The van der Waals surface area contributed by atoms with Gasteiger partial charge in [-0.2, -0.15) is 5.10 Å². The lowest BCUT2D eigenvalue weighted by atomic mass is 9.93. The van der Waals surface area contributed by atoms with Crippen LogP contribution in [0, 0.1) is 13.8 Å². The Hall–Kier alpha value is -3.42. The molecule has 1 atom stereocenters. The first-order valence-electron chi connectivity index (χ1n) is 11.3. The second-order valence-electron chi connectivity index (χ2n) is 9.04. The highest BCUT2D eigenvalue weighted by Gasteiger charge is 2.49. The molecule has 0 spiro atoms. The highest BCUT2D eigenvalue weighted by Crippen LogP contribution is 2.35. The molecule has 3 heterocycles. The van der Waals surface area contributed by atoms with Gasteiger partial charge in [-0.25, -0.2) is 0 Å². The molecule has 6 nitrogen and oxygen atoms in total. The van der Waals surface area contributed by atoms with E-state index < -0.39 is 5.54 Å². The van der Waals surface area contributed by atoms with Crippen molar-refractivity contribution >= 4 is 40.4 Å². The average Bonchev–Trinajstić information content (AvgIpc) is 3.51. The monoisotopic (exact) mass is 504 g/mol. The van der Waals surface area contributed by atoms with Crippen LogP contribution >= 0.6 is 22.9 Å². The van der Waals surface area contributed by atoms with Gasteiger partial charge >= 0.3 is 0 Å². The molecule has 0 aliphatic carbocycles. The fourth-order valence-corrected chi connectivity index (χ4v) is 5.18. The van der Waals surface area contributed by atoms with E-state index >= 15 is 0 Å². The van der Waals surface area contributed by atoms with Crippen molar-refractivity contribution in [2.45, 2.75) is 39.4 Å². The molecule has 2 amide bonds. The van der Waals surface area contributed by atoms with E-state index in [4.69, 9.17) is 16.7 Å². The minimum absolute atomic E-state index is 0.235. The molecule has 0 saturated carbocycles. The molecule has 178 valence electrons. The largest absolute Gasteiger partial charge is 0.350 e. The Kier molecular flexibility index (Phi) is 5.99. The van der Waals surface area contributed by atoms with E-state index in [9.17, 15) is 9.59 Å². The van der Waals surface area contributed by atoms with Gasteiger partial charge in [0.1, 0.15) is 16.9 Å². The van der Waals surface area contributed by atoms with Crippen LogP contribution in [0.2, 0.25) is 5.02 Å². The Labute approximate surface area is 213 Å². The van der Waals surface area contributed by atoms with Crippen molar-refractivity contribution in [2.24, 2.45) is 0 Å². The Morgan fingerprint density at radius 3 is 2.57 bits per heavy atom. The molecule has 35 heavy (non-hydrogen) atoms. The van der Waals surface area contributed by atoms with Crippen LogP contribution in [0.3, 0.4) is 0 Å². The molecule has 1 unspecified atom stereocenters. The summed E-state index contributed by atoms with van der Waals surface area (Å²) in [4.78, 5) is 30.2. The Balaban J connectivity index is 1.54. The quantitative estimate of drug-likeness (QED) is 0.383. The topological polar surface area (TPSA) is 67.2 Å². The van der Waals surface area contributed by atoms with Crippen molar-refractivity contribution in [3.63, 3.8) is 0 Å². The minimum atomic E-state index is -1.18. The van der Waals surface area contributed by atoms with E-state index in [1.54, 1.807) is 40.0 Å². The van der Waals surface area contributed by atoms with Crippen LogP contribution in [0.5, 0.6) is 0 Å². The number of hydrogen-bond donors (Lipinski definition) is 1. The third kappa shape index (κ3) is 4.26. The molecule has 4 aromatic rings. The maximum atomic E-state index is 13.9. The van der Waals surface area contributed by atoms with Gasteiger partial charge in [0.25, 0.3) is 5.91 Å². The van der Waals surface area contributed by atoms with Crippen LogP contribution in [0.25, 0.3) is 10.6 Å². The summed E-state index contributed by atoms with van der Waals surface area (Å²) in [6.45, 7) is 6.39. The number of thiophene rings is 1. The number of aryl methyl sites for hydroxylation is 2. The first-order valence-corrected chi connectivity index (χ1v) is 12.6. The molecule has 5 rings (SSSR count). The molecule has 2 aromatic heterocycles. The third-order valence-electron chi connectivity index (χ3n) is 6.53. The number of amides is 2. The molecule has 0 radical (unpaired) electrons. The zero-order chi connectivity index (χ0) is 24.7. The lowest BCUT2D eigenvalue weighted by molar-refractivity contribution is -0.126. The SMILES string of the molecule is Cc1ccc(N2C(=O)c3cc(-c4cccs4)nn3CC2(C)C(=O)NCc2ccc(Cl)cc2)cc1C. The number of nitrogens with zero attached hydrogens (tertiary/aromatic N) is 3. The van der Waals surface area contributed by atoms with Crippen LogP contribution < -0.4 is 10.2 Å². The highest BCUT2D eigenvalue weighted by molar-refractivity contribution is 7.13. The lowest BCUT2D eigenvalue weighted by Crippen LogP contribution is -2.64. The maximum Gasteiger partial charge on any atom is 0.277 e. The van der Waals surface area contributed by atoms with E-state index in [2.05, 4.69) is 5.32 Å².